The highest BCUT2D eigenvalue weighted by atomic mass is 16.6. The minimum atomic E-state index is -1.10. The SMILES string of the molecule is Cn1cc(NC(=O)c2cc(CNC(=O)c3cc(NC(=O)OC(C)(C)C)cn3C)c[nH]2)cc1C(=O)O. The van der Waals surface area contributed by atoms with E-state index in [0.29, 0.717) is 22.6 Å². The molecular weight excluding hydrogens is 456 g/mol. The molecule has 3 amide bonds. The number of aromatic carboxylic acids is 1. The van der Waals surface area contributed by atoms with Crippen molar-refractivity contribution in [1.82, 2.24) is 19.4 Å². The Balaban J connectivity index is 1.57. The van der Waals surface area contributed by atoms with E-state index in [4.69, 9.17) is 9.84 Å². The number of aromatic amines is 1. The van der Waals surface area contributed by atoms with Gasteiger partial charge in [0.1, 0.15) is 22.7 Å². The number of carboxylic acid groups (broad SMARTS) is 1. The Morgan fingerprint density at radius 1 is 0.943 bits per heavy atom. The van der Waals surface area contributed by atoms with Gasteiger partial charge in [-0.15, -0.1) is 0 Å². The second kappa shape index (κ2) is 9.79. The van der Waals surface area contributed by atoms with Crippen LogP contribution in [0.15, 0.2) is 36.8 Å². The number of nitrogens with zero attached hydrogens (tertiary/aromatic N) is 2. The largest absolute Gasteiger partial charge is 0.477 e. The molecule has 3 rings (SSSR count). The fourth-order valence-corrected chi connectivity index (χ4v) is 3.27. The van der Waals surface area contributed by atoms with Crippen molar-refractivity contribution in [1.29, 1.82) is 0 Å². The number of carboxylic acids is 1. The highest BCUT2D eigenvalue weighted by molar-refractivity contribution is 6.03. The smallest absolute Gasteiger partial charge is 0.412 e. The molecule has 0 saturated heterocycles. The minimum absolute atomic E-state index is 0.0420. The van der Waals surface area contributed by atoms with E-state index in [1.807, 2.05) is 0 Å². The molecule has 3 aromatic heterocycles. The number of rotatable bonds is 7. The van der Waals surface area contributed by atoms with Crippen LogP contribution in [-0.4, -0.2) is 48.7 Å². The van der Waals surface area contributed by atoms with Crippen LogP contribution in [0.3, 0.4) is 0 Å². The van der Waals surface area contributed by atoms with Crippen molar-refractivity contribution in [3.63, 3.8) is 0 Å². The predicted molar refractivity (Wildman–Crippen MR) is 128 cm³/mol. The standard InChI is InChI=1S/C23H28N6O6/c1-23(2,3)35-22(34)27-15-7-17(28(4)12-15)20(31)25-10-13-6-16(24-9-13)19(30)26-14-8-18(21(32)33)29(5)11-14/h6-9,11-12,24H,10H2,1-5H3,(H,25,31)(H,26,30)(H,27,34)(H,32,33). The molecule has 0 atom stereocenters. The zero-order valence-electron chi connectivity index (χ0n) is 20.1. The Labute approximate surface area is 201 Å². The van der Waals surface area contributed by atoms with Gasteiger partial charge in [-0.3, -0.25) is 14.9 Å². The molecule has 3 aromatic rings. The van der Waals surface area contributed by atoms with Crippen LogP contribution in [0, 0.1) is 0 Å². The van der Waals surface area contributed by atoms with Crippen molar-refractivity contribution in [2.24, 2.45) is 14.1 Å². The summed E-state index contributed by atoms with van der Waals surface area (Å²) in [6.45, 7) is 5.41. The predicted octanol–water partition coefficient (Wildman–Crippen LogP) is 2.92. The maximum Gasteiger partial charge on any atom is 0.412 e. The molecule has 3 heterocycles. The average molecular weight is 485 g/mol. The first-order valence-electron chi connectivity index (χ1n) is 10.7. The number of hydrogen-bond acceptors (Lipinski definition) is 5. The van der Waals surface area contributed by atoms with Gasteiger partial charge in [-0.05, 0) is 44.5 Å². The number of aromatic nitrogens is 3. The number of nitrogens with one attached hydrogen (secondary N) is 4. The van der Waals surface area contributed by atoms with Gasteiger partial charge in [0, 0.05) is 39.2 Å². The van der Waals surface area contributed by atoms with Gasteiger partial charge in [-0.1, -0.05) is 0 Å². The Morgan fingerprint density at radius 2 is 1.54 bits per heavy atom. The molecule has 0 aliphatic heterocycles. The third kappa shape index (κ3) is 6.53. The monoisotopic (exact) mass is 484 g/mol. The zero-order chi connectivity index (χ0) is 25.9. The van der Waals surface area contributed by atoms with Crippen molar-refractivity contribution in [2.45, 2.75) is 32.9 Å². The molecule has 0 unspecified atom stereocenters. The number of carbonyl (C=O) groups is 4. The van der Waals surface area contributed by atoms with Crippen LogP contribution in [0.5, 0.6) is 0 Å². The van der Waals surface area contributed by atoms with Crippen LogP contribution in [0.2, 0.25) is 0 Å². The van der Waals surface area contributed by atoms with E-state index in [-0.39, 0.29) is 23.8 Å². The summed E-state index contributed by atoms with van der Waals surface area (Å²) in [5.74, 6) is -1.93. The number of H-pyrrole nitrogens is 1. The molecule has 0 spiro atoms. The van der Waals surface area contributed by atoms with Crippen LogP contribution in [0.4, 0.5) is 16.2 Å². The van der Waals surface area contributed by atoms with Crippen LogP contribution in [-0.2, 0) is 25.4 Å². The van der Waals surface area contributed by atoms with E-state index < -0.39 is 23.6 Å². The van der Waals surface area contributed by atoms with Crippen molar-refractivity contribution >= 4 is 35.3 Å². The van der Waals surface area contributed by atoms with Gasteiger partial charge in [0.2, 0.25) is 0 Å². The Morgan fingerprint density at radius 3 is 2.14 bits per heavy atom. The van der Waals surface area contributed by atoms with Crippen molar-refractivity contribution in [3.05, 3.63) is 59.4 Å². The van der Waals surface area contributed by atoms with E-state index in [9.17, 15) is 19.2 Å². The van der Waals surface area contributed by atoms with Gasteiger partial charge >= 0.3 is 12.1 Å². The average Bonchev–Trinajstić information content (AvgIpc) is 3.43. The maximum absolute atomic E-state index is 12.6. The van der Waals surface area contributed by atoms with E-state index in [1.165, 1.54) is 22.9 Å². The molecule has 0 fully saturated rings. The lowest BCUT2D eigenvalue weighted by Gasteiger charge is -2.19. The van der Waals surface area contributed by atoms with Gasteiger partial charge < -0.3 is 34.6 Å². The number of anilines is 2. The van der Waals surface area contributed by atoms with E-state index in [2.05, 4.69) is 20.9 Å². The third-order valence-electron chi connectivity index (χ3n) is 4.81. The molecule has 35 heavy (non-hydrogen) atoms. The molecule has 12 heteroatoms. The van der Waals surface area contributed by atoms with Crippen molar-refractivity contribution in [3.8, 4) is 0 Å². The van der Waals surface area contributed by atoms with Crippen LogP contribution < -0.4 is 16.0 Å². The lowest BCUT2D eigenvalue weighted by atomic mass is 10.2. The summed E-state index contributed by atoms with van der Waals surface area (Å²) in [7, 11) is 3.24. The first-order chi connectivity index (χ1) is 16.3. The molecule has 0 radical (unpaired) electrons. The Kier molecular flexibility index (Phi) is 7.04. The second-order valence-corrected chi connectivity index (χ2v) is 8.94. The fraction of sp³-hybridized carbons (Fsp3) is 0.304. The molecule has 12 nitrogen and oxygen atoms in total. The number of carbonyl (C=O) groups excluding carboxylic acids is 3. The first-order valence-corrected chi connectivity index (χ1v) is 10.7. The van der Waals surface area contributed by atoms with Crippen molar-refractivity contribution in [2.75, 3.05) is 10.6 Å². The quantitative estimate of drug-likeness (QED) is 0.347. The molecule has 186 valence electrons. The number of aryl methyl sites for hydroxylation is 2. The summed E-state index contributed by atoms with van der Waals surface area (Å²) in [6.07, 6.45) is 4.06. The third-order valence-corrected chi connectivity index (χ3v) is 4.81. The summed E-state index contributed by atoms with van der Waals surface area (Å²) in [4.78, 5) is 51.0. The molecule has 0 aliphatic carbocycles. The van der Waals surface area contributed by atoms with Gasteiger partial charge in [0.15, 0.2) is 0 Å². The molecule has 0 saturated carbocycles. The summed E-state index contributed by atoms with van der Waals surface area (Å²) in [6, 6.07) is 4.47. The normalized spacial score (nSPS) is 11.1. The van der Waals surface area contributed by atoms with Gasteiger partial charge in [0.25, 0.3) is 11.8 Å². The van der Waals surface area contributed by atoms with Gasteiger partial charge in [0.05, 0.1) is 11.4 Å². The van der Waals surface area contributed by atoms with E-state index >= 15 is 0 Å². The Hall–Kier alpha value is -4.48. The fourth-order valence-electron chi connectivity index (χ4n) is 3.27. The van der Waals surface area contributed by atoms with Gasteiger partial charge in [-0.25, -0.2) is 9.59 Å². The highest BCUT2D eigenvalue weighted by Gasteiger charge is 2.19. The lowest BCUT2D eigenvalue weighted by molar-refractivity contribution is 0.0633. The molecule has 0 aliphatic rings. The van der Waals surface area contributed by atoms with E-state index in [0.717, 1.165) is 0 Å². The van der Waals surface area contributed by atoms with Crippen molar-refractivity contribution < 1.29 is 29.0 Å². The van der Waals surface area contributed by atoms with E-state index in [1.54, 1.807) is 57.9 Å². The van der Waals surface area contributed by atoms with Crippen LogP contribution in [0.25, 0.3) is 0 Å². The van der Waals surface area contributed by atoms with Gasteiger partial charge in [-0.2, -0.15) is 0 Å². The second-order valence-electron chi connectivity index (χ2n) is 8.94. The lowest BCUT2D eigenvalue weighted by Crippen LogP contribution is -2.27. The highest BCUT2D eigenvalue weighted by Crippen LogP contribution is 2.17. The Bertz CT molecular complexity index is 1280. The zero-order valence-corrected chi connectivity index (χ0v) is 20.1. The molecule has 0 bridgehead atoms. The van der Waals surface area contributed by atoms with Crippen LogP contribution >= 0.6 is 0 Å². The topological polar surface area (TPSA) is 159 Å². The minimum Gasteiger partial charge on any atom is -0.477 e. The summed E-state index contributed by atoms with van der Waals surface area (Å²) >= 11 is 0. The van der Waals surface area contributed by atoms with Crippen LogP contribution in [0.1, 0.15) is 57.8 Å². The summed E-state index contributed by atoms with van der Waals surface area (Å²) in [5, 5.41) is 17.1. The summed E-state index contributed by atoms with van der Waals surface area (Å²) in [5.41, 5.74) is 1.39. The number of amides is 3. The molecule has 5 N–H and O–H groups in total. The maximum atomic E-state index is 12.6. The first kappa shape index (κ1) is 25.1. The molecule has 0 aromatic carbocycles. The number of ether oxygens (including phenoxy) is 1. The molecular formula is C23H28N6O6. The number of hydrogen-bond donors (Lipinski definition) is 5. The summed E-state index contributed by atoms with van der Waals surface area (Å²) < 4.78 is 8.18.